The number of aromatic nitrogens is 1. The van der Waals surface area contributed by atoms with Gasteiger partial charge in [0.2, 0.25) is 0 Å². The first-order valence-electron chi connectivity index (χ1n) is 17.1. The Bertz CT molecular complexity index is 2570. The van der Waals surface area contributed by atoms with Crippen molar-refractivity contribution in [3.05, 3.63) is 206 Å². The molecule has 0 N–H and O–H groups in total. The Hall–Kier alpha value is -6.64. The molecule has 0 aliphatic heterocycles. The lowest BCUT2D eigenvalue weighted by Gasteiger charge is -2.28. The van der Waals surface area contributed by atoms with Gasteiger partial charge in [0.05, 0.1) is 22.4 Å². The number of fused-ring (bicyclic) bond motifs is 3. The summed E-state index contributed by atoms with van der Waals surface area (Å²) in [5.41, 5.74) is 14.1. The predicted molar refractivity (Wildman–Crippen MR) is 212 cm³/mol. The third-order valence-corrected chi connectivity index (χ3v) is 9.61. The minimum Gasteiger partial charge on any atom is -0.310 e. The maximum absolute atomic E-state index is 2.44. The van der Waals surface area contributed by atoms with Crippen LogP contribution in [0.4, 0.5) is 17.1 Å². The molecule has 8 aromatic carbocycles. The van der Waals surface area contributed by atoms with E-state index in [1.807, 2.05) is 0 Å². The van der Waals surface area contributed by atoms with E-state index in [0.717, 1.165) is 17.1 Å². The fourth-order valence-electron chi connectivity index (χ4n) is 7.37. The molecule has 0 aliphatic carbocycles. The van der Waals surface area contributed by atoms with Crippen LogP contribution in [0.1, 0.15) is 0 Å². The summed E-state index contributed by atoms with van der Waals surface area (Å²) in [5.74, 6) is 0. The van der Waals surface area contributed by atoms with Gasteiger partial charge in [0.25, 0.3) is 0 Å². The van der Waals surface area contributed by atoms with Gasteiger partial charge in [-0.15, -0.1) is 0 Å². The quantitative estimate of drug-likeness (QED) is 0.169. The fraction of sp³-hybridized carbons (Fsp3) is 0. The summed E-state index contributed by atoms with van der Waals surface area (Å²) >= 11 is 0. The molecule has 0 aliphatic rings. The van der Waals surface area contributed by atoms with E-state index in [9.17, 15) is 0 Å². The zero-order valence-corrected chi connectivity index (χ0v) is 27.5. The Morgan fingerprint density at radius 1 is 0.320 bits per heavy atom. The molecule has 0 saturated heterocycles. The zero-order valence-electron chi connectivity index (χ0n) is 27.5. The van der Waals surface area contributed by atoms with Gasteiger partial charge in [-0.3, -0.25) is 0 Å². The fourth-order valence-corrected chi connectivity index (χ4v) is 7.37. The summed E-state index contributed by atoms with van der Waals surface area (Å²) in [6.07, 6.45) is 0. The average Bonchev–Trinajstić information content (AvgIpc) is 3.54. The first-order valence-corrected chi connectivity index (χ1v) is 17.1. The number of nitrogens with zero attached hydrogens (tertiary/aromatic N) is 2. The Labute approximate surface area is 292 Å². The van der Waals surface area contributed by atoms with Crippen LogP contribution in [0.2, 0.25) is 0 Å². The summed E-state index contributed by atoms with van der Waals surface area (Å²) in [7, 11) is 0. The molecule has 2 heteroatoms. The van der Waals surface area contributed by atoms with E-state index in [-0.39, 0.29) is 0 Å². The molecule has 9 rings (SSSR count). The summed E-state index contributed by atoms with van der Waals surface area (Å²) in [4.78, 5) is 2.38. The molecule has 0 unspecified atom stereocenters. The molecule has 236 valence electrons. The smallest absolute Gasteiger partial charge is 0.0547 e. The van der Waals surface area contributed by atoms with E-state index < -0.39 is 0 Å². The molecule has 1 heterocycles. The predicted octanol–water partition coefficient (Wildman–Crippen LogP) is 13.3. The monoisotopic (exact) mass is 638 g/mol. The highest BCUT2D eigenvalue weighted by atomic mass is 15.1. The first kappa shape index (κ1) is 29.5. The van der Waals surface area contributed by atoms with E-state index in [4.69, 9.17) is 0 Å². The molecule has 0 bridgehead atoms. The summed E-state index contributed by atoms with van der Waals surface area (Å²) in [6, 6.07) is 74.0. The Morgan fingerprint density at radius 3 is 1.60 bits per heavy atom. The van der Waals surface area contributed by atoms with Gasteiger partial charge >= 0.3 is 0 Å². The largest absolute Gasteiger partial charge is 0.310 e. The maximum Gasteiger partial charge on any atom is 0.0547 e. The molecule has 0 saturated carbocycles. The molecule has 2 nitrogen and oxygen atoms in total. The lowest BCUT2D eigenvalue weighted by molar-refractivity contribution is 1.18. The Kier molecular flexibility index (Phi) is 7.53. The van der Waals surface area contributed by atoms with Gasteiger partial charge < -0.3 is 9.47 Å². The van der Waals surface area contributed by atoms with E-state index in [1.165, 1.54) is 60.9 Å². The van der Waals surface area contributed by atoms with Crippen LogP contribution in [0, 0.1) is 0 Å². The van der Waals surface area contributed by atoms with E-state index in [0.29, 0.717) is 0 Å². The van der Waals surface area contributed by atoms with Gasteiger partial charge in [-0.2, -0.15) is 0 Å². The highest BCUT2D eigenvalue weighted by Gasteiger charge is 2.22. The zero-order chi connectivity index (χ0) is 33.3. The molecule has 0 amide bonds. The standard InChI is InChI=1S/C48H34N2/c1-4-17-35(18-5-1)36-31-33-39(34-32-36)49(38-21-8-3-9-22-38)45-28-14-11-24-41(45)42-26-16-30-47-48(42)43-25-12-15-29-46(43)50(47)44-27-13-10-23-40(44)37-19-6-2-7-20-37/h1-34H. The first-order chi connectivity index (χ1) is 24.8. The van der Waals surface area contributed by atoms with Gasteiger partial charge in [-0.25, -0.2) is 0 Å². The minimum atomic E-state index is 1.11. The molecular formula is C48H34N2. The molecule has 0 atom stereocenters. The van der Waals surface area contributed by atoms with Crippen LogP contribution < -0.4 is 4.90 Å². The topological polar surface area (TPSA) is 8.17 Å². The van der Waals surface area contributed by atoms with Crippen LogP contribution in [0.15, 0.2) is 206 Å². The minimum absolute atomic E-state index is 1.11. The lowest BCUT2D eigenvalue weighted by atomic mass is 9.96. The van der Waals surface area contributed by atoms with Crippen molar-refractivity contribution in [3.63, 3.8) is 0 Å². The number of rotatable bonds is 7. The highest BCUT2D eigenvalue weighted by Crippen LogP contribution is 2.46. The van der Waals surface area contributed by atoms with Gasteiger partial charge in [0, 0.05) is 33.3 Å². The summed E-state index contributed by atoms with van der Waals surface area (Å²) < 4.78 is 2.44. The van der Waals surface area contributed by atoms with Crippen LogP contribution in [0.25, 0.3) is 60.9 Å². The van der Waals surface area contributed by atoms with E-state index >= 15 is 0 Å². The van der Waals surface area contributed by atoms with Crippen molar-refractivity contribution in [3.8, 4) is 39.1 Å². The molecule has 0 fully saturated rings. The van der Waals surface area contributed by atoms with Crippen molar-refractivity contribution in [2.45, 2.75) is 0 Å². The highest BCUT2D eigenvalue weighted by molar-refractivity contribution is 6.17. The molecule has 0 radical (unpaired) electrons. The normalized spacial score (nSPS) is 11.2. The molecule has 1 aromatic heterocycles. The molecule has 50 heavy (non-hydrogen) atoms. The second-order valence-electron chi connectivity index (χ2n) is 12.5. The summed E-state index contributed by atoms with van der Waals surface area (Å²) in [6.45, 7) is 0. The second-order valence-corrected chi connectivity index (χ2v) is 12.5. The average molecular weight is 639 g/mol. The van der Waals surface area contributed by atoms with E-state index in [1.54, 1.807) is 0 Å². The van der Waals surface area contributed by atoms with Gasteiger partial charge in [0.15, 0.2) is 0 Å². The van der Waals surface area contributed by atoms with Crippen molar-refractivity contribution in [1.82, 2.24) is 4.57 Å². The van der Waals surface area contributed by atoms with Crippen molar-refractivity contribution in [1.29, 1.82) is 0 Å². The van der Waals surface area contributed by atoms with Gasteiger partial charge in [0.1, 0.15) is 0 Å². The van der Waals surface area contributed by atoms with E-state index in [2.05, 4.69) is 216 Å². The summed E-state index contributed by atoms with van der Waals surface area (Å²) in [5, 5.41) is 2.47. The second kappa shape index (κ2) is 12.8. The van der Waals surface area contributed by atoms with Gasteiger partial charge in [-0.1, -0.05) is 158 Å². The molecule has 0 spiro atoms. The number of hydrogen-bond acceptors (Lipinski definition) is 1. The van der Waals surface area contributed by atoms with Crippen molar-refractivity contribution in [2.75, 3.05) is 4.90 Å². The van der Waals surface area contributed by atoms with Crippen LogP contribution >= 0.6 is 0 Å². The third kappa shape index (κ3) is 5.15. The van der Waals surface area contributed by atoms with Crippen LogP contribution in [0.3, 0.4) is 0 Å². The van der Waals surface area contributed by atoms with Crippen LogP contribution in [0.5, 0.6) is 0 Å². The Balaban J connectivity index is 1.27. The van der Waals surface area contributed by atoms with Crippen LogP contribution in [-0.2, 0) is 0 Å². The third-order valence-electron chi connectivity index (χ3n) is 9.61. The van der Waals surface area contributed by atoms with Crippen LogP contribution in [-0.4, -0.2) is 4.57 Å². The maximum atomic E-state index is 2.44. The molecule has 9 aromatic rings. The number of benzene rings is 8. The van der Waals surface area contributed by atoms with Crippen molar-refractivity contribution in [2.24, 2.45) is 0 Å². The van der Waals surface area contributed by atoms with Gasteiger partial charge in [-0.05, 0) is 70.8 Å². The van der Waals surface area contributed by atoms with Crippen molar-refractivity contribution >= 4 is 38.9 Å². The number of para-hydroxylation sites is 4. The van der Waals surface area contributed by atoms with Crippen molar-refractivity contribution < 1.29 is 0 Å². The SMILES string of the molecule is c1ccc(-c2ccc(N(c3ccccc3)c3ccccc3-c3cccc4c3c3ccccc3n4-c3ccccc3-c3ccccc3)cc2)cc1. The Morgan fingerprint density at radius 2 is 0.840 bits per heavy atom. The number of hydrogen-bond donors (Lipinski definition) is 0. The number of anilines is 3. The molecular weight excluding hydrogens is 605 g/mol. The lowest BCUT2D eigenvalue weighted by Crippen LogP contribution is -2.11.